The lowest BCUT2D eigenvalue weighted by Crippen LogP contribution is -2.38. The summed E-state index contributed by atoms with van der Waals surface area (Å²) in [6.07, 6.45) is 2.49. The maximum atomic E-state index is 12.9. The first-order valence-corrected chi connectivity index (χ1v) is 9.34. The predicted molar refractivity (Wildman–Crippen MR) is 85.3 cm³/mol. The number of hydrogen-bond donors (Lipinski definition) is 0. The number of hydrogen-bond acceptors (Lipinski definition) is 5. The van der Waals surface area contributed by atoms with Gasteiger partial charge in [0.2, 0.25) is 15.9 Å². The first-order chi connectivity index (χ1) is 11.0. The van der Waals surface area contributed by atoms with Crippen molar-refractivity contribution in [2.75, 3.05) is 6.54 Å². The van der Waals surface area contributed by atoms with Crippen LogP contribution in [0.25, 0.3) is 0 Å². The molecule has 6 nitrogen and oxygen atoms in total. The lowest BCUT2D eigenvalue weighted by atomic mass is 10.1. The van der Waals surface area contributed by atoms with Crippen LogP contribution in [-0.4, -0.2) is 29.4 Å². The van der Waals surface area contributed by atoms with Crippen molar-refractivity contribution >= 4 is 10.0 Å². The predicted octanol–water partition coefficient (Wildman–Crippen LogP) is 3.11. The minimum atomic E-state index is -3.56. The Balaban J connectivity index is 1.95. The van der Waals surface area contributed by atoms with Crippen LogP contribution in [0.2, 0.25) is 0 Å². The summed E-state index contributed by atoms with van der Waals surface area (Å²) < 4.78 is 32.8. The van der Waals surface area contributed by atoms with E-state index in [9.17, 15) is 8.42 Å². The SMILES string of the molecule is CC(C)c1noc([C@H]2CCCCN2S(=O)(=O)c2ccccc2)n1. The Kier molecular flexibility index (Phi) is 4.50. The van der Waals surface area contributed by atoms with E-state index in [0.29, 0.717) is 29.6 Å². The average molecular weight is 335 g/mol. The Morgan fingerprint density at radius 3 is 2.61 bits per heavy atom. The molecule has 0 unspecified atom stereocenters. The Hall–Kier alpha value is -1.73. The molecule has 7 heteroatoms. The van der Waals surface area contributed by atoms with Gasteiger partial charge >= 0.3 is 0 Å². The van der Waals surface area contributed by atoms with Crippen LogP contribution in [0.4, 0.5) is 0 Å². The van der Waals surface area contributed by atoms with E-state index in [1.165, 1.54) is 4.31 Å². The minimum absolute atomic E-state index is 0.148. The van der Waals surface area contributed by atoms with Crippen LogP contribution in [0.3, 0.4) is 0 Å². The van der Waals surface area contributed by atoms with Gasteiger partial charge in [-0.1, -0.05) is 43.6 Å². The molecule has 3 rings (SSSR count). The molecular formula is C16H21N3O3S. The molecule has 124 valence electrons. The van der Waals surface area contributed by atoms with Crippen molar-refractivity contribution < 1.29 is 12.9 Å². The molecule has 1 aromatic carbocycles. The second kappa shape index (κ2) is 6.41. The molecule has 0 aliphatic carbocycles. The highest BCUT2D eigenvalue weighted by Gasteiger charge is 2.37. The number of nitrogens with zero attached hydrogens (tertiary/aromatic N) is 3. The van der Waals surface area contributed by atoms with Crippen LogP contribution in [0, 0.1) is 0 Å². The van der Waals surface area contributed by atoms with Crippen LogP contribution < -0.4 is 0 Å². The first kappa shape index (κ1) is 16.1. The molecule has 23 heavy (non-hydrogen) atoms. The molecule has 1 fully saturated rings. The summed E-state index contributed by atoms with van der Waals surface area (Å²) in [4.78, 5) is 4.71. The van der Waals surface area contributed by atoms with E-state index < -0.39 is 10.0 Å². The molecule has 0 radical (unpaired) electrons. The highest BCUT2D eigenvalue weighted by Crippen LogP contribution is 2.35. The van der Waals surface area contributed by atoms with Gasteiger partial charge in [-0.25, -0.2) is 8.42 Å². The van der Waals surface area contributed by atoms with Crippen LogP contribution in [0.1, 0.15) is 56.8 Å². The lowest BCUT2D eigenvalue weighted by molar-refractivity contribution is 0.204. The molecule has 1 aromatic heterocycles. The second-order valence-corrected chi connectivity index (χ2v) is 7.98. The molecule has 1 aliphatic heterocycles. The zero-order valence-electron chi connectivity index (χ0n) is 13.3. The number of piperidine rings is 1. The number of rotatable bonds is 4. The fraction of sp³-hybridized carbons (Fsp3) is 0.500. The summed E-state index contributed by atoms with van der Waals surface area (Å²) in [5.41, 5.74) is 0. The maximum absolute atomic E-state index is 12.9. The van der Waals surface area contributed by atoms with Crippen molar-refractivity contribution in [3.63, 3.8) is 0 Å². The lowest BCUT2D eigenvalue weighted by Gasteiger charge is -2.32. The van der Waals surface area contributed by atoms with Gasteiger partial charge in [0.05, 0.1) is 4.90 Å². The molecular weight excluding hydrogens is 314 g/mol. The number of benzene rings is 1. The van der Waals surface area contributed by atoms with Crippen molar-refractivity contribution in [1.29, 1.82) is 0 Å². The molecule has 1 saturated heterocycles. The van der Waals surface area contributed by atoms with Crippen LogP contribution in [0.5, 0.6) is 0 Å². The van der Waals surface area contributed by atoms with Crippen molar-refractivity contribution in [2.45, 2.75) is 50.0 Å². The van der Waals surface area contributed by atoms with E-state index in [4.69, 9.17) is 4.52 Å². The van der Waals surface area contributed by atoms with Crippen molar-refractivity contribution in [1.82, 2.24) is 14.4 Å². The summed E-state index contributed by atoms with van der Waals surface area (Å²) in [5, 5.41) is 3.97. The third-order valence-corrected chi connectivity index (χ3v) is 5.98. The van der Waals surface area contributed by atoms with E-state index in [1.807, 2.05) is 13.8 Å². The Morgan fingerprint density at radius 1 is 1.22 bits per heavy atom. The molecule has 1 atom stereocenters. The van der Waals surface area contributed by atoms with Gasteiger partial charge in [-0.05, 0) is 25.0 Å². The Bertz CT molecular complexity index is 756. The highest BCUT2D eigenvalue weighted by molar-refractivity contribution is 7.89. The summed E-state index contributed by atoms with van der Waals surface area (Å²) in [6, 6.07) is 8.13. The zero-order chi connectivity index (χ0) is 16.4. The summed E-state index contributed by atoms with van der Waals surface area (Å²) in [6.45, 7) is 4.43. The maximum Gasteiger partial charge on any atom is 0.245 e. The van der Waals surface area contributed by atoms with E-state index in [0.717, 1.165) is 12.8 Å². The minimum Gasteiger partial charge on any atom is -0.338 e. The summed E-state index contributed by atoms with van der Waals surface area (Å²) in [7, 11) is -3.56. The van der Waals surface area contributed by atoms with Gasteiger partial charge in [0.25, 0.3) is 0 Å². The third-order valence-electron chi connectivity index (χ3n) is 4.06. The normalized spacial score (nSPS) is 20.0. The van der Waals surface area contributed by atoms with Crippen LogP contribution in [0.15, 0.2) is 39.8 Å². The van der Waals surface area contributed by atoms with Crippen LogP contribution >= 0.6 is 0 Å². The molecule has 0 N–H and O–H groups in total. The smallest absolute Gasteiger partial charge is 0.245 e. The van der Waals surface area contributed by atoms with Gasteiger partial charge in [0, 0.05) is 12.5 Å². The van der Waals surface area contributed by atoms with E-state index in [-0.39, 0.29) is 12.0 Å². The molecule has 0 spiro atoms. The van der Waals surface area contributed by atoms with E-state index in [1.54, 1.807) is 30.3 Å². The molecule has 2 heterocycles. The topological polar surface area (TPSA) is 76.3 Å². The quantitative estimate of drug-likeness (QED) is 0.858. The first-order valence-electron chi connectivity index (χ1n) is 7.90. The van der Waals surface area contributed by atoms with E-state index >= 15 is 0 Å². The van der Waals surface area contributed by atoms with E-state index in [2.05, 4.69) is 10.1 Å². The third kappa shape index (κ3) is 3.16. The van der Waals surface area contributed by atoms with Gasteiger partial charge in [-0.15, -0.1) is 0 Å². The molecule has 0 saturated carbocycles. The molecule has 2 aromatic rings. The fourth-order valence-corrected chi connectivity index (χ4v) is 4.46. The molecule has 0 amide bonds. The van der Waals surface area contributed by atoms with Crippen LogP contribution in [-0.2, 0) is 10.0 Å². The van der Waals surface area contributed by atoms with Gasteiger partial charge in [-0.3, -0.25) is 0 Å². The van der Waals surface area contributed by atoms with Gasteiger partial charge in [0.15, 0.2) is 5.82 Å². The highest BCUT2D eigenvalue weighted by atomic mass is 32.2. The molecule has 0 bridgehead atoms. The summed E-state index contributed by atoms with van der Waals surface area (Å²) in [5.74, 6) is 1.16. The summed E-state index contributed by atoms with van der Waals surface area (Å²) >= 11 is 0. The largest absolute Gasteiger partial charge is 0.338 e. The number of sulfonamides is 1. The number of aromatic nitrogens is 2. The second-order valence-electron chi connectivity index (χ2n) is 6.09. The van der Waals surface area contributed by atoms with Gasteiger partial charge in [0.1, 0.15) is 6.04 Å². The molecule has 1 aliphatic rings. The Morgan fingerprint density at radius 2 is 1.96 bits per heavy atom. The van der Waals surface area contributed by atoms with Crippen molar-refractivity contribution in [3.8, 4) is 0 Å². The zero-order valence-corrected chi connectivity index (χ0v) is 14.2. The van der Waals surface area contributed by atoms with Crippen molar-refractivity contribution in [2.24, 2.45) is 0 Å². The monoisotopic (exact) mass is 335 g/mol. The standard InChI is InChI=1S/C16H21N3O3S/c1-12(2)15-17-16(22-18-15)14-10-6-7-11-19(14)23(20,21)13-8-4-3-5-9-13/h3-5,8-9,12,14H,6-7,10-11H2,1-2H3/t14-/m1/s1. The fourth-order valence-electron chi connectivity index (χ4n) is 2.78. The van der Waals surface area contributed by atoms with Crippen molar-refractivity contribution in [3.05, 3.63) is 42.0 Å². The van der Waals surface area contributed by atoms with Gasteiger partial charge < -0.3 is 4.52 Å². The Labute approximate surface area is 136 Å². The van der Waals surface area contributed by atoms with Gasteiger partial charge in [-0.2, -0.15) is 9.29 Å². The average Bonchev–Trinajstić information content (AvgIpc) is 3.06.